The molecule has 3 nitrogen and oxygen atoms in total. The minimum atomic E-state index is -0.210. The van der Waals surface area contributed by atoms with Crippen LogP contribution in [0.3, 0.4) is 0 Å². The Morgan fingerprint density at radius 3 is 2.63 bits per heavy atom. The molecule has 0 bridgehead atoms. The third-order valence-corrected chi connectivity index (χ3v) is 4.42. The van der Waals surface area contributed by atoms with Crippen LogP contribution in [0.15, 0.2) is 18.2 Å². The van der Waals surface area contributed by atoms with E-state index in [1.807, 2.05) is 12.1 Å². The van der Waals surface area contributed by atoms with Gasteiger partial charge in [0, 0.05) is 5.54 Å². The highest BCUT2D eigenvalue weighted by atomic mass is 16.5. The Hall–Kier alpha value is -1.22. The summed E-state index contributed by atoms with van der Waals surface area (Å²) < 4.78 is 10.7. The standard InChI is InChI=1S/C16H25NO2/c1-4-12-6-5-9-16(17,11-12)13-7-8-14(18-2)15(10-13)19-3/h7-8,10,12H,4-6,9,11,17H2,1-3H3. The maximum absolute atomic E-state index is 6.67. The smallest absolute Gasteiger partial charge is 0.161 e. The molecule has 3 heteroatoms. The van der Waals surface area contributed by atoms with E-state index in [1.165, 1.54) is 24.8 Å². The number of ether oxygens (including phenoxy) is 2. The Labute approximate surface area is 116 Å². The van der Waals surface area contributed by atoms with Crippen LogP contribution in [0.4, 0.5) is 0 Å². The lowest BCUT2D eigenvalue weighted by Crippen LogP contribution is -2.41. The first-order valence-corrected chi connectivity index (χ1v) is 7.14. The van der Waals surface area contributed by atoms with E-state index in [4.69, 9.17) is 15.2 Å². The van der Waals surface area contributed by atoms with Gasteiger partial charge in [-0.3, -0.25) is 0 Å². The van der Waals surface area contributed by atoms with Crippen molar-refractivity contribution in [1.29, 1.82) is 0 Å². The zero-order chi connectivity index (χ0) is 13.9. The highest BCUT2D eigenvalue weighted by molar-refractivity contribution is 5.45. The van der Waals surface area contributed by atoms with Gasteiger partial charge in [0.25, 0.3) is 0 Å². The van der Waals surface area contributed by atoms with Gasteiger partial charge in [-0.25, -0.2) is 0 Å². The fraction of sp³-hybridized carbons (Fsp3) is 0.625. The third-order valence-electron chi connectivity index (χ3n) is 4.42. The molecule has 0 saturated heterocycles. The average molecular weight is 263 g/mol. The highest BCUT2D eigenvalue weighted by Crippen LogP contribution is 2.41. The van der Waals surface area contributed by atoms with Crippen LogP contribution >= 0.6 is 0 Å². The van der Waals surface area contributed by atoms with Crippen molar-refractivity contribution in [2.24, 2.45) is 11.7 Å². The van der Waals surface area contributed by atoms with Crippen molar-refractivity contribution >= 4 is 0 Å². The molecule has 2 N–H and O–H groups in total. The summed E-state index contributed by atoms with van der Waals surface area (Å²) in [6.07, 6.45) is 5.86. The van der Waals surface area contributed by atoms with Crippen LogP contribution in [-0.4, -0.2) is 14.2 Å². The molecule has 106 valence electrons. The maximum atomic E-state index is 6.67. The van der Waals surface area contributed by atoms with Gasteiger partial charge in [-0.15, -0.1) is 0 Å². The molecule has 1 aliphatic rings. The van der Waals surface area contributed by atoms with E-state index in [0.717, 1.165) is 30.3 Å². The van der Waals surface area contributed by atoms with Gasteiger partial charge in [0.05, 0.1) is 14.2 Å². The van der Waals surface area contributed by atoms with Crippen molar-refractivity contribution in [1.82, 2.24) is 0 Å². The van der Waals surface area contributed by atoms with Gasteiger partial charge in [-0.1, -0.05) is 32.3 Å². The van der Waals surface area contributed by atoms with Crippen molar-refractivity contribution in [3.63, 3.8) is 0 Å². The van der Waals surface area contributed by atoms with Crippen LogP contribution in [-0.2, 0) is 5.54 Å². The number of methoxy groups -OCH3 is 2. The lowest BCUT2D eigenvalue weighted by Gasteiger charge is -2.38. The Bertz CT molecular complexity index is 433. The SMILES string of the molecule is CCC1CCCC(N)(c2ccc(OC)c(OC)c2)C1. The number of hydrogen-bond donors (Lipinski definition) is 1. The second-order valence-electron chi connectivity index (χ2n) is 5.60. The number of nitrogens with two attached hydrogens (primary N) is 1. The molecule has 0 aliphatic heterocycles. The Kier molecular flexibility index (Phi) is 4.35. The van der Waals surface area contributed by atoms with E-state index in [9.17, 15) is 0 Å². The predicted octanol–water partition coefficient (Wildman–Crippen LogP) is 3.46. The number of hydrogen-bond acceptors (Lipinski definition) is 3. The molecule has 19 heavy (non-hydrogen) atoms. The quantitative estimate of drug-likeness (QED) is 0.904. The number of benzene rings is 1. The molecule has 0 radical (unpaired) electrons. The van der Waals surface area contributed by atoms with Gasteiger partial charge in [-0.2, -0.15) is 0 Å². The zero-order valence-electron chi connectivity index (χ0n) is 12.2. The summed E-state index contributed by atoms with van der Waals surface area (Å²) in [4.78, 5) is 0. The molecular weight excluding hydrogens is 238 g/mol. The summed E-state index contributed by atoms with van der Waals surface area (Å²) in [5.74, 6) is 2.27. The molecule has 1 saturated carbocycles. The van der Waals surface area contributed by atoms with Crippen molar-refractivity contribution < 1.29 is 9.47 Å². The molecule has 0 amide bonds. The van der Waals surface area contributed by atoms with Gasteiger partial charge >= 0.3 is 0 Å². The summed E-state index contributed by atoms with van der Waals surface area (Å²) >= 11 is 0. The monoisotopic (exact) mass is 263 g/mol. The summed E-state index contributed by atoms with van der Waals surface area (Å²) in [6, 6.07) is 6.08. The van der Waals surface area contributed by atoms with Crippen molar-refractivity contribution in [3.8, 4) is 11.5 Å². The molecule has 0 aromatic heterocycles. The predicted molar refractivity (Wildman–Crippen MR) is 77.7 cm³/mol. The second kappa shape index (κ2) is 5.83. The highest BCUT2D eigenvalue weighted by Gasteiger charge is 2.34. The van der Waals surface area contributed by atoms with Crippen molar-refractivity contribution in [3.05, 3.63) is 23.8 Å². The first kappa shape index (κ1) is 14.2. The molecular formula is C16H25NO2. The summed E-state index contributed by atoms with van der Waals surface area (Å²) in [5, 5.41) is 0. The van der Waals surface area contributed by atoms with Crippen LogP contribution in [0.25, 0.3) is 0 Å². The first-order chi connectivity index (χ1) is 9.12. The summed E-state index contributed by atoms with van der Waals surface area (Å²) in [5.41, 5.74) is 7.62. The van der Waals surface area contributed by atoms with Crippen molar-refractivity contribution in [2.75, 3.05) is 14.2 Å². The molecule has 0 spiro atoms. The van der Waals surface area contributed by atoms with Crippen LogP contribution in [0.5, 0.6) is 11.5 Å². The molecule has 1 aromatic rings. The van der Waals surface area contributed by atoms with Gasteiger partial charge in [0.1, 0.15) is 0 Å². The zero-order valence-corrected chi connectivity index (χ0v) is 12.2. The first-order valence-electron chi connectivity index (χ1n) is 7.14. The van der Waals surface area contributed by atoms with Crippen LogP contribution < -0.4 is 15.2 Å². The van der Waals surface area contributed by atoms with Crippen LogP contribution in [0.2, 0.25) is 0 Å². The van der Waals surface area contributed by atoms with Gasteiger partial charge < -0.3 is 15.2 Å². The molecule has 0 heterocycles. The minimum Gasteiger partial charge on any atom is -0.493 e. The van der Waals surface area contributed by atoms with Crippen LogP contribution in [0, 0.1) is 5.92 Å². The molecule has 1 aromatic carbocycles. The Morgan fingerprint density at radius 1 is 1.26 bits per heavy atom. The molecule has 1 fully saturated rings. The molecule has 1 aliphatic carbocycles. The third kappa shape index (κ3) is 2.86. The fourth-order valence-electron chi connectivity index (χ4n) is 3.18. The van der Waals surface area contributed by atoms with E-state index >= 15 is 0 Å². The minimum absolute atomic E-state index is 0.210. The number of rotatable bonds is 4. The largest absolute Gasteiger partial charge is 0.493 e. The van der Waals surface area contributed by atoms with E-state index < -0.39 is 0 Å². The lowest BCUT2D eigenvalue weighted by atomic mass is 9.72. The summed E-state index contributed by atoms with van der Waals surface area (Å²) in [7, 11) is 3.32. The normalized spacial score (nSPS) is 27.1. The van der Waals surface area contributed by atoms with Gasteiger partial charge in [-0.05, 0) is 36.5 Å². The molecule has 2 atom stereocenters. The average Bonchev–Trinajstić information content (AvgIpc) is 2.46. The van der Waals surface area contributed by atoms with E-state index in [0.29, 0.717) is 0 Å². The van der Waals surface area contributed by atoms with E-state index in [2.05, 4.69) is 13.0 Å². The van der Waals surface area contributed by atoms with E-state index in [1.54, 1.807) is 14.2 Å². The molecule has 2 unspecified atom stereocenters. The van der Waals surface area contributed by atoms with Crippen LogP contribution in [0.1, 0.15) is 44.6 Å². The fourth-order valence-corrected chi connectivity index (χ4v) is 3.18. The van der Waals surface area contributed by atoms with Gasteiger partial charge in [0.2, 0.25) is 0 Å². The van der Waals surface area contributed by atoms with Crippen molar-refractivity contribution in [2.45, 2.75) is 44.6 Å². The second-order valence-corrected chi connectivity index (χ2v) is 5.60. The molecule has 2 rings (SSSR count). The topological polar surface area (TPSA) is 44.5 Å². The Balaban J connectivity index is 2.29. The van der Waals surface area contributed by atoms with Gasteiger partial charge in [0.15, 0.2) is 11.5 Å². The summed E-state index contributed by atoms with van der Waals surface area (Å²) in [6.45, 7) is 2.25. The Morgan fingerprint density at radius 2 is 2.00 bits per heavy atom. The van der Waals surface area contributed by atoms with E-state index in [-0.39, 0.29) is 5.54 Å². The lowest BCUT2D eigenvalue weighted by molar-refractivity contribution is 0.220. The maximum Gasteiger partial charge on any atom is 0.161 e.